The smallest absolute Gasteiger partial charge is 0.119 e. The highest BCUT2D eigenvalue weighted by molar-refractivity contribution is 5.55. The molecular weight excluding hydrogens is 260 g/mol. The first-order valence-corrected chi connectivity index (χ1v) is 7.56. The van der Waals surface area contributed by atoms with E-state index in [0.717, 1.165) is 30.1 Å². The third kappa shape index (κ3) is 3.13. The Balaban J connectivity index is 1.60. The number of para-hydroxylation sites is 1. The van der Waals surface area contributed by atoms with Gasteiger partial charge < -0.3 is 15.4 Å². The number of fused-ring (bicyclic) bond motifs is 1. The molecule has 3 heteroatoms. The molecule has 2 aromatic carbocycles. The lowest BCUT2D eigenvalue weighted by atomic mass is 10.0. The summed E-state index contributed by atoms with van der Waals surface area (Å²) in [6.45, 7) is 4.72. The highest BCUT2D eigenvalue weighted by Crippen LogP contribution is 2.26. The third-order valence-electron chi connectivity index (χ3n) is 4.08. The Hall–Kier alpha value is -2.16. The van der Waals surface area contributed by atoms with Crippen LogP contribution in [-0.4, -0.2) is 19.7 Å². The lowest BCUT2D eigenvalue weighted by Crippen LogP contribution is -2.33. The molecule has 3 rings (SSSR count). The number of anilines is 2. The summed E-state index contributed by atoms with van der Waals surface area (Å²) in [5.74, 6) is 0.895. The van der Waals surface area contributed by atoms with Gasteiger partial charge in [0.05, 0.1) is 6.54 Å². The third-order valence-corrected chi connectivity index (χ3v) is 4.08. The molecule has 0 amide bonds. The van der Waals surface area contributed by atoms with Crippen LogP contribution in [0.25, 0.3) is 0 Å². The highest BCUT2D eigenvalue weighted by Gasteiger charge is 2.15. The van der Waals surface area contributed by atoms with Gasteiger partial charge in [-0.05, 0) is 55.2 Å². The Morgan fingerprint density at radius 1 is 1.19 bits per heavy atom. The molecule has 0 aliphatic carbocycles. The second-order valence-electron chi connectivity index (χ2n) is 5.59. The fourth-order valence-corrected chi connectivity index (χ4v) is 2.86. The highest BCUT2D eigenvalue weighted by atomic mass is 16.5. The first kappa shape index (κ1) is 13.8. The summed E-state index contributed by atoms with van der Waals surface area (Å²) in [6.07, 6.45) is 2.41. The summed E-state index contributed by atoms with van der Waals surface area (Å²) < 4.78 is 5.86. The number of nitrogens with zero attached hydrogens (tertiary/aromatic N) is 1. The molecule has 0 bridgehead atoms. The Kier molecular flexibility index (Phi) is 4.00. The van der Waals surface area contributed by atoms with Gasteiger partial charge in [-0.25, -0.2) is 0 Å². The molecule has 1 heterocycles. The topological polar surface area (TPSA) is 38.5 Å². The van der Waals surface area contributed by atoms with Gasteiger partial charge in [0.1, 0.15) is 12.4 Å². The number of benzene rings is 2. The van der Waals surface area contributed by atoms with Crippen LogP contribution in [0.5, 0.6) is 5.75 Å². The van der Waals surface area contributed by atoms with E-state index in [4.69, 9.17) is 10.5 Å². The molecule has 0 saturated heterocycles. The maximum Gasteiger partial charge on any atom is 0.119 e. The largest absolute Gasteiger partial charge is 0.492 e. The maximum atomic E-state index is 5.86. The van der Waals surface area contributed by atoms with E-state index < -0.39 is 0 Å². The van der Waals surface area contributed by atoms with Crippen LogP contribution in [0, 0.1) is 6.92 Å². The lowest BCUT2D eigenvalue weighted by Gasteiger charge is -2.31. The zero-order valence-corrected chi connectivity index (χ0v) is 12.5. The standard InChI is InChI=1S/C18H22N2O/c1-14-13-16(8-9-17(14)19)21-12-11-20-10-4-6-15-5-2-3-7-18(15)20/h2-3,5,7-9,13H,4,6,10-12,19H2,1H3. The van der Waals surface area contributed by atoms with E-state index in [2.05, 4.69) is 29.2 Å². The van der Waals surface area contributed by atoms with E-state index in [-0.39, 0.29) is 0 Å². The number of hydrogen-bond donors (Lipinski definition) is 1. The van der Waals surface area contributed by atoms with E-state index in [1.807, 2.05) is 25.1 Å². The van der Waals surface area contributed by atoms with Crippen molar-refractivity contribution in [1.29, 1.82) is 0 Å². The second-order valence-corrected chi connectivity index (χ2v) is 5.59. The van der Waals surface area contributed by atoms with Gasteiger partial charge in [0.2, 0.25) is 0 Å². The molecule has 0 saturated carbocycles. The van der Waals surface area contributed by atoms with Gasteiger partial charge in [-0.15, -0.1) is 0 Å². The van der Waals surface area contributed by atoms with Crippen molar-refractivity contribution in [1.82, 2.24) is 0 Å². The molecule has 0 unspecified atom stereocenters. The number of ether oxygens (including phenoxy) is 1. The summed E-state index contributed by atoms with van der Waals surface area (Å²) in [5.41, 5.74) is 10.5. The predicted octanol–water partition coefficient (Wildman–Crippen LogP) is 3.41. The molecule has 110 valence electrons. The zero-order chi connectivity index (χ0) is 14.7. The molecule has 3 nitrogen and oxygen atoms in total. The molecule has 0 atom stereocenters. The molecular formula is C18H22N2O. The van der Waals surface area contributed by atoms with Crippen molar-refractivity contribution in [2.45, 2.75) is 19.8 Å². The fourth-order valence-electron chi connectivity index (χ4n) is 2.86. The van der Waals surface area contributed by atoms with Crippen molar-refractivity contribution >= 4 is 11.4 Å². The van der Waals surface area contributed by atoms with Crippen molar-refractivity contribution in [3.63, 3.8) is 0 Å². The van der Waals surface area contributed by atoms with Crippen LogP contribution in [0.4, 0.5) is 11.4 Å². The fraction of sp³-hybridized carbons (Fsp3) is 0.333. The molecule has 0 fully saturated rings. The summed E-state index contributed by atoms with van der Waals surface area (Å²) >= 11 is 0. The number of aryl methyl sites for hydroxylation is 2. The van der Waals surface area contributed by atoms with Crippen molar-refractivity contribution in [3.8, 4) is 5.75 Å². The SMILES string of the molecule is Cc1cc(OCCN2CCCc3ccccc32)ccc1N. The van der Waals surface area contributed by atoms with E-state index in [9.17, 15) is 0 Å². The zero-order valence-electron chi connectivity index (χ0n) is 12.5. The van der Waals surface area contributed by atoms with Crippen LogP contribution < -0.4 is 15.4 Å². The van der Waals surface area contributed by atoms with Crippen LogP contribution >= 0.6 is 0 Å². The van der Waals surface area contributed by atoms with Crippen molar-refractivity contribution in [2.75, 3.05) is 30.3 Å². The molecule has 21 heavy (non-hydrogen) atoms. The van der Waals surface area contributed by atoms with Gasteiger partial charge in [0.15, 0.2) is 0 Å². The summed E-state index contributed by atoms with van der Waals surface area (Å²) in [4.78, 5) is 2.42. The van der Waals surface area contributed by atoms with Crippen LogP contribution in [0.3, 0.4) is 0 Å². The van der Waals surface area contributed by atoms with Crippen molar-refractivity contribution in [2.24, 2.45) is 0 Å². The first-order valence-electron chi connectivity index (χ1n) is 7.56. The van der Waals surface area contributed by atoms with Crippen LogP contribution in [0.2, 0.25) is 0 Å². The van der Waals surface area contributed by atoms with Crippen LogP contribution in [0.1, 0.15) is 17.5 Å². The second kappa shape index (κ2) is 6.08. The van der Waals surface area contributed by atoms with Crippen LogP contribution in [0.15, 0.2) is 42.5 Å². The molecule has 2 N–H and O–H groups in total. The number of nitrogen functional groups attached to an aromatic ring is 1. The average molecular weight is 282 g/mol. The van der Waals surface area contributed by atoms with Crippen LogP contribution in [-0.2, 0) is 6.42 Å². The van der Waals surface area contributed by atoms with Gasteiger partial charge in [-0.3, -0.25) is 0 Å². The Morgan fingerprint density at radius 3 is 2.90 bits per heavy atom. The molecule has 1 aliphatic rings. The minimum atomic E-state index is 0.692. The van der Waals surface area contributed by atoms with Gasteiger partial charge in [0, 0.05) is 17.9 Å². The van der Waals surface area contributed by atoms with Gasteiger partial charge >= 0.3 is 0 Å². The molecule has 2 aromatic rings. The normalized spacial score (nSPS) is 13.9. The monoisotopic (exact) mass is 282 g/mol. The van der Waals surface area contributed by atoms with E-state index in [0.29, 0.717) is 6.61 Å². The lowest BCUT2D eigenvalue weighted by molar-refractivity contribution is 0.322. The Morgan fingerprint density at radius 2 is 2.05 bits per heavy atom. The first-order chi connectivity index (χ1) is 10.2. The van der Waals surface area contributed by atoms with E-state index in [1.165, 1.54) is 24.1 Å². The maximum absolute atomic E-state index is 5.86. The average Bonchev–Trinajstić information content (AvgIpc) is 2.51. The minimum absolute atomic E-state index is 0.692. The predicted molar refractivity (Wildman–Crippen MR) is 88.1 cm³/mol. The summed E-state index contributed by atoms with van der Waals surface area (Å²) in [7, 11) is 0. The molecule has 0 radical (unpaired) electrons. The Bertz CT molecular complexity index is 624. The van der Waals surface area contributed by atoms with Gasteiger partial charge in [-0.2, -0.15) is 0 Å². The molecule has 1 aliphatic heterocycles. The number of hydrogen-bond acceptors (Lipinski definition) is 3. The summed E-state index contributed by atoms with van der Waals surface area (Å²) in [6, 6.07) is 14.5. The Labute approximate surface area is 126 Å². The van der Waals surface area contributed by atoms with Gasteiger partial charge in [0.25, 0.3) is 0 Å². The van der Waals surface area contributed by atoms with E-state index in [1.54, 1.807) is 0 Å². The minimum Gasteiger partial charge on any atom is -0.492 e. The molecule has 0 spiro atoms. The van der Waals surface area contributed by atoms with E-state index >= 15 is 0 Å². The van der Waals surface area contributed by atoms with Gasteiger partial charge in [-0.1, -0.05) is 18.2 Å². The van der Waals surface area contributed by atoms with Crippen molar-refractivity contribution in [3.05, 3.63) is 53.6 Å². The number of rotatable bonds is 4. The quantitative estimate of drug-likeness (QED) is 0.873. The van der Waals surface area contributed by atoms with Crippen molar-refractivity contribution < 1.29 is 4.74 Å². The molecule has 0 aromatic heterocycles. The number of nitrogens with two attached hydrogens (primary N) is 1. The summed E-state index contributed by atoms with van der Waals surface area (Å²) in [5, 5.41) is 0.